The van der Waals surface area contributed by atoms with E-state index in [2.05, 4.69) is 39.2 Å². The van der Waals surface area contributed by atoms with Crippen LogP contribution >= 0.6 is 15.9 Å². The summed E-state index contributed by atoms with van der Waals surface area (Å²) in [7, 11) is 0. The van der Waals surface area contributed by atoms with Crippen LogP contribution in [0.1, 0.15) is 36.7 Å². The van der Waals surface area contributed by atoms with Crippen molar-refractivity contribution in [3.8, 4) is 0 Å². The topological polar surface area (TPSA) is 24.9 Å². The number of halogens is 2. The summed E-state index contributed by atoms with van der Waals surface area (Å²) in [5.41, 5.74) is 2.86. The minimum atomic E-state index is -0.200. The highest BCUT2D eigenvalue weighted by molar-refractivity contribution is 9.10. The molecule has 0 saturated carbocycles. The van der Waals surface area contributed by atoms with Gasteiger partial charge in [0.1, 0.15) is 5.82 Å². The fourth-order valence-electron chi connectivity index (χ4n) is 2.32. The zero-order chi connectivity index (χ0) is 15.2. The van der Waals surface area contributed by atoms with Gasteiger partial charge in [-0.15, -0.1) is 0 Å². The molecular formula is C17H20BrFN2. The maximum absolute atomic E-state index is 14.3. The van der Waals surface area contributed by atoms with Gasteiger partial charge in [0.2, 0.25) is 0 Å². The molecule has 4 heteroatoms. The van der Waals surface area contributed by atoms with Crippen LogP contribution in [0.4, 0.5) is 4.39 Å². The first-order valence-electron chi connectivity index (χ1n) is 7.26. The van der Waals surface area contributed by atoms with Crippen LogP contribution in [0, 0.1) is 5.82 Å². The van der Waals surface area contributed by atoms with Crippen LogP contribution in [0.3, 0.4) is 0 Å². The Bertz CT molecular complexity index is 584. The van der Waals surface area contributed by atoms with E-state index in [4.69, 9.17) is 0 Å². The predicted octanol–water partition coefficient (Wildman–Crippen LogP) is 4.44. The molecule has 21 heavy (non-hydrogen) atoms. The van der Waals surface area contributed by atoms with E-state index in [-0.39, 0.29) is 11.9 Å². The molecule has 0 spiro atoms. The Balaban J connectivity index is 2.24. The molecule has 0 bridgehead atoms. The van der Waals surface area contributed by atoms with Gasteiger partial charge in [0.15, 0.2) is 0 Å². The van der Waals surface area contributed by atoms with Gasteiger partial charge < -0.3 is 5.32 Å². The lowest BCUT2D eigenvalue weighted by molar-refractivity contribution is 0.504. The molecule has 0 aliphatic carbocycles. The number of aryl methyl sites for hydroxylation is 1. The summed E-state index contributed by atoms with van der Waals surface area (Å²) in [4.78, 5) is 4.48. The fourth-order valence-corrected chi connectivity index (χ4v) is 2.70. The lowest BCUT2D eigenvalue weighted by atomic mass is 10.0. The molecule has 0 aliphatic rings. The highest BCUT2D eigenvalue weighted by atomic mass is 79.9. The van der Waals surface area contributed by atoms with E-state index >= 15 is 0 Å². The summed E-state index contributed by atoms with van der Waals surface area (Å²) >= 11 is 3.25. The van der Waals surface area contributed by atoms with Crippen molar-refractivity contribution in [2.45, 2.75) is 32.7 Å². The number of benzene rings is 1. The number of aromatic nitrogens is 1. The van der Waals surface area contributed by atoms with Gasteiger partial charge >= 0.3 is 0 Å². The lowest BCUT2D eigenvalue weighted by Gasteiger charge is -2.19. The second kappa shape index (κ2) is 7.66. The Kier molecular flexibility index (Phi) is 5.88. The van der Waals surface area contributed by atoms with Crippen LogP contribution < -0.4 is 5.32 Å². The number of pyridine rings is 1. The maximum Gasteiger partial charge on any atom is 0.142 e. The predicted molar refractivity (Wildman–Crippen MR) is 87.8 cm³/mol. The van der Waals surface area contributed by atoms with Crippen LogP contribution in [0.2, 0.25) is 0 Å². The molecule has 2 nitrogen and oxygen atoms in total. The van der Waals surface area contributed by atoms with E-state index < -0.39 is 0 Å². The average molecular weight is 351 g/mol. The van der Waals surface area contributed by atoms with Gasteiger partial charge in [-0.2, -0.15) is 0 Å². The first kappa shape index (κ1) is 16.1. The quantitative estimate of drug-likeness (QED) is 0.832. The van der Waals surface area contributed by atoms with Crippen LogP contribution in [-0.4, -0.2) is 11.5 Å². The van der Waals surface area contributed by atoms with Crippen molar-refractivity contribution >= 4 is 15.9 Å². The van der Waals surface area contributed by atoms with Gasteiger partial charge in [-0.05, 0) is 46.6 Å². The number of hydrogen-bond acceptors (Lipinski definition) is 2. The van der Waals surface area contributed by atoms with E-state index in [1.807, 2.05) is 31.3 Å². The molecule has 0 amide bonds. The van der Waals surface area contributed by atoms with E-state index in [1.54, 1.807) is 6.07 Å². The van der Waals surface area contributed by atoms with Gasteiger partial charge in [-0.25, -0.2) is 4.39 Å². The third kappa shape index (κ3) is 4.11. The molecule has 1 aromatic heterocycles. The van der Waals surface area contributed by atoms with Crippen molar-refractivity contribution < 1.29 is 4.39 Å². The summed E-state index contributed by atoms with van der Waals surface area (Å²) in [5, 5.41) is 3.34. The number of rotatable bonds is 6. The molecule has 1 N–H and O–H groups in total. The molecule has 2 aromatic rings. The molecule has 1 atom stereocenters. The molecular weight excluding hydrogens is 331 g/mol. The number of hydrogen-bond donors (Lipinski definition) is 1. The molecule has 0 radical (unpaired) electrons. The highest BCUT2D eigenvalue weighted by Gasteiger charge is 2.17. The molecule has 2 rings (SSSR count). The van der Waals surface area contributed by atoms with Crippen LogP contribution in [-0.2, 0) is 12.8 Å². The largest absolute Gasteiger partial charge is 0.310 e. The van der Waals surface area contributed by atoms with Crippen molar-refractivity contribution in [3.05, 3.63) is 63.6 Å². The Morgan fingerprint density at radius 2 is 2.05 bits per heavy atom. The van der Waals surface area contributed by atoms with E-state index in [9.17, 15) is 4.39 Å². The smallest absolute Gasteiger partial charge is 0.142 e. The number of nitrogens with zero attached hydrogens (tertiary/aromatic N) is 1. The van der Waals surface area contributed by atoms with E-state index in [1.165, 1.54) is 5.56 Å². The summed E-state index contributed by atoms with van der Waals surface area (Å²) < 4.78 is 14.8. The number of likely N-dealkylation sites (N-methyl/N-ethyl adjacent to an activating group) is 1. The summed E-state index contributed by atoms with van der Waals surface area (Å²) in [6, 6.07) is 9.44. The molecule has 0 fully saturated rings. The third-order valence-electron chi connectivity index (χ3n) is 3.51. The molecule has 1 aromatic carbocycles. The van der Waals surface area contributed by atoms with Gasteiger partial charge in [-0.1, -0.05) is 32.0 Å². The second-order valence-corrected chi connectivity index (χ2v) is 5.82. The minimum Gasteiger partial charge on any atom is -0.310 e. The molecule has 1 unspecified atom stereocenters. The first-order chi connectivity index (χ1) is 10.2. The zero-order valence-corrected chi connectivity index (χ0v) is 14.0. The SMILES string of the molecule is CCNC(Cc1ccc(CC)cn1)c1cccc(Br)c1F. The normalized spacial score (nSPS) is 12.4. The first-order valence-corrected chi connectivity index (χ1v) is 8.06. The Morgan fingerprint density at radius 3 is 2.67 bits per heavy atom. The summed E-state index contributed by atoms with van der Waals surface area (Å²) in [6.45, 7) is 4.91. The van der Waals surface area contributed by atoms with Gasteiger partial charge in [-0.3, -0.25) is 4.98 Å². The monoisotopic (exact) mass is 350 g/mol. The van der Waals surface area contributed by atoms with Crippen molar-refractivity contribution in [1.29, 1.82) is 0 Å². The van der Waals surface area contributed by atoms with E-state index in [0.29, 0.717) is 16.5 Å². The average Bonchev–Trinajstić information content (AvgIpc) is 2.50. The van der Waals surface area contributed by atoms with E-state index in [0.717, 1.165) is 18.7 Å². The molecule has 0 saturated heterocycles. The zero-order valence-electron chi connectivity index (χ0n) is 12.4. The Labute approximate surface area is 133 Å². The molecule has 0 aliphatic heterocycles. The maximum atomic E-state index is 14.3. The Morgan fingerprint density at radius 1 is 1.24 bits per heavy atom. The van der Waals surface area contributed by atoms with Crippen molar-refractivity contribution in [2.24, 2.45) is 0 Å². The van der Waals surface area contributed by atoms with Crippen LogP contribution in [0.5, 0.6) is 0 Å². The van der Waals surface area contributed by atoms with Crippen molar-refractivity contribution in [1.82, 2.24) is 10.3 Å². The number of nitrogens with one attached hydrogen (secondary N) is 1. The summed E-state index contributed by atoms with van der Waals surface area (Å²) in [5.74, 6) is -0.200. The van der Waals surface area contributed by atoms with Crippen molar-refractivity contribution in [3.63, 3.8) is 0 Å². The van der Waals surface area contributed by atoms with Gasteiger partial charge in [0.05, 0.1) is 4.47 Å². The molecule has 112 valence electrons. The Hall–Kier alpha value is -1.26. The van der Waals surface area contributed by atoms with Gasteiger partial charge in [0.25, 0.3) is 0 Å². The minimum absolute atomic E-state index is 0.0764. The van der Waals surface area contributed by atoms with Crippen molar-refractivity contribution in [2.75, 3.05) is 6.54 Å². The fraction of sp³-hybridized carbons (Fsp3) is 0.353. The van der Waals surface area contributed by atoms with Crippen LogP contribution in [0.25, 0.3) is 0 Å². The summed E-state index contributed by atoms with van der Waals surface area (Å²) in [6.07, 6.45) is 3.55. The molecule has 1 heterocycles. The van der Waals surface area contributed by atoms with Gasteiger partial charge in [0, 0.05) is 29.9 Å². The second-order valence-electron chi connectivity index (χ2n) is 4.97. The lowest BCUT2D eigenvalue weighted by Crippen LogP contribution is -2.24. The van der Waals surface area contributed by atoms with Crippen LogP contribution in [0.15, 0.2) is 41.0 Å². The third-order valence-corrected chi connectivity index (χ3v) is 4.13. The highest BCUT2D eigenvalue weighted by Crippen LogP contribution is 2.26. The standard InChI is InChI=1S/C17H20BrFN2/c1-3-12-8-9-13(21-11-12)10-16(20-4-2)14-6-5-7-15(18)17(14)19/h5-9,11,16,20H,3-4,10H2,1-2H3.